The maximum absolute atomic E-state index is 14.5. The lowest BCUT2D eigenvalue weighted by molar-refractivity contribution is 0.0893. The lowest BCUT2D eigenvalue weighted by Crippen LogP contribution is -2.50. The molecule has 29 heavy (non-hydrogen) atoms. The molecule has 2 atom stereocenters. The Kier molecular flexibility index (Phi) is 5.23. The van der Waals surface area contributed by atoms with E-state index in [2.05, 4.69) is 15.6 Å². The topological polar surface area (TPSA) is 59.0 Å². The van der Waals surface area contributed by atoms with Gasteiger partial charge in [0.2, 0.25) is 5.95 Å². The molecule has 1 fully saturated rings. The summed E-state index contributed by atoms with van der Waals surface area (Å²) in [7, 11) is 0. The van der Waals surface area contributed by atoms with Crippen LogP contribution in [0, 0.1) is 17.6 Å². The molecule has 0 saturated carbocycles. The molecule has 3 aromatic rings. The Morgan fingerprint density at radius 3 is 2.79 bits per heavy atom. The summed E-state index contributed by atoms with van der Waals surface area (Å²) in [5.74, 6) is -2.88. The third-order valence-corrected chi connectivity index (χ3v) is 5.03. The molecule has 1 saturated heterocycles. The highest BCUT2D eigenvalue weighted by molar-refractivity contribution is 6.07. The zero-order valence-corrected chi connectivity index (χ0v) is 15.3. The first-order valence-electron chi connectivity index (χ1n) is 9.17. The quantitative estimate of drug-likeness (QED) is 0.518. The van der Waals surface area contributed by atoms with Crippen LogP contribution in [0.15, 0.2) is 36.7 Å². The van der Waals surface area contributed by atoms with Crippen LogP contribution >= 0.6 is 0 Å². The van der Waals surface area contributed by atoms with E-state index in [9.17, 15) is 22.4 Å². The molecule has 3 heterocycles. The van der Waals surface area contributed by atoms with Gasteiger partial charge in [-0.05, 0) is 42.8 Å². The smallest absolute Gasteiger partial charge is 0.253 e. The standard InChI is InChI=1S/C20H18F4N4O/c21-13-1-2-14(22)19-18(13)12(20(29)27-16-4-5-25-8-15(16)23)10-28(19)9-11-3-6-26-17(24)7-11/h1-3,6-7,10,15-16,25H,4-5,8-9H2,(H,27,29)/t15-,16+/m1/s1. The largest absolute Gasteiger partial charge is 0.346 e. The van der Waals surface area contributed by atoms with Crippen LogP contribution in [0.2, 0.25) is 0 Å². The predicted molar refractivity (Wildman–Crippen MR) is 98.8 cm³/mol. The molecule has 5 nitrogen and oxygen atoms in total. The van der Waals surface area contributed by atoms with Crippen molar-refractivity contribution in [2.24, 2.45) is 0 Å². The van der Waals surface area contributed by atoms with Crippen LogP contribution in [0.4, 0.5) is 17.6 Å². The van der Waals surface area contributed by atoms with Gasteiger partial charge in [0.25, 0.3) is 5.91 Å². The lowest BCUT2D eigenvalue weighted by Gasteiger charge is -2.27. The van der Waals surface area contributed by atoms with Gasteiger partial charge in [-0.15, -0.1) is 0 Å². The molecule has 4 rings (SSSR count). The number of carbonyl (C=O) groups excluding carboxylic acids is 1. The molecule has 0 unspecified atom stereocenters. The fraction of sp³-hybridized carbons (Fsp3) is 0.300. The number of rotatable bonds is 4. The number of amides is 1. The summed E-state index contributed by atoms with van der Waals surface area (Å²) < 4.78 is 57.9. The van der Waals surface area contributed by atoms with E-state index in [1.807, 2.05) is 0 Å². The van der Waals surface area contributed by atoms with Gasteiger partial charge in [-0.2, -0.15) is 4.39 Å². The molecule has 1 aliphatic heterocycles. The van der Waals surface area contributed by atoms with Gasteiger partial charge in [-0.25, -0.2) is 18.2 Å². The van der Waals surface area contributed by atoms with Gasteiger partial charge < -0.3 is 15.2 Å². The van der Waals surface area contributed by atoms with Crippen molar-refractivity contribution < 1.29 is 22.4 Å². The van der Waals surface area contributed by atoms with Crippen LogP contribution < -0.4 is 10.6 Å². The molecule has 0 bridgehead atoms. The number of nitrogens with zero attached hydrogens (tertiary/aromatic N) is 2. The fourth-order valence-corrected chi connectivity index (χ4v) is 3.63. The van der Waals surface area contributed by atoms with Gasteiger partial charge in [0.1, 0.15) is 17.8 Å². The summed E-state index contributed by atoms with van der Waals surface area (Å²) in [5, 5.41) is 5.27. The van der Waals surface area contributed by atoms with Crippen LogP contribution in [-0.2, 0) is 6.54 Å². The van der Waals surface area contributed by atoms with Crippen molar-refractivity contribution in [2.45, 2.75) is 25.2 Å². The highest BCUT2D eigenvalue weighted by atomic mass is 19.1. The van der Waals surface area contributed by atoms with E-state index in [0.717, 1.165) is 12.1 Å². The lowest BCUT2D eigenvalue weighted by atomic mass is 10.0. The van der Waals surface area contributed by atoms with Gasteiger partial charge in [0.05, 0.1) is 22.5 Å². The molecule has 152 valence electrons. The summed E-state index contributed by atoms with van der Waals surface area (Å²) >= 11 is 0. The first-order chi connectivity index (χ1) is 13.9. The minimum absolute atomic E-state index is 0.00266. The van der Waals surface area contributed by atoms with E-state index in [1.54, 1.807) is 0 Å². The van der Waals surface area contributed by atoms with Crippen molar-refractivity contribution in [1.29, 1.82) is 0 Å². The number of nitrogens with one attached hydrogen (secondary N) is 2. The number of pyridine rings is 1. The maximum Gasteiger partial charge on any atom is 0.253 e. The summed E-state index contributed by atoms with van der Waals surface area (Å²) in [5.41, 5.74) is 0.249. The summed E-state index contributed by atoms with van der Waals surface area (Å²) in [6.07, 6.45) is 1.68. The van der Waals surface area contributed by atoms with Crippen molar-refractivity contribution in [1.82, 2.24) is 20.2 Å². The number of carbonyl (C=O) groups is 1. The summed E-state index contributed by atoms with van der Waals surface area (Å²) in [6.45, 7) is 0.662. The summed E-state index contributed by atoms with van der Waals surface area (Å²) in [6, 6.07) is 3.90. The monoisotopic (exact) mass is 406 g/mol. The van der Waals surface area contributed by atoms with Crippen molar-refractivity contribution in [3.63, 3.8) is 0 Å². The van der Waals surface area contributed by atoms with E-state index >= 15 is 0 Å². The molecule has 0 radical (unpaired) electrons. The number of piperidine rings is 1. The number of fused-ring (bicyclic) bond motifs is 1. The highest BCUT2D eigenvalue weighted by Gasteiger charge is 2.28. The van der Waals surface area contributed by atoms with E-state index in [1.165, 1.54) is 29.1 Å². The first-order valence-corrected chi connectivity index (χ1v) is 9.17. The predicted octanol–water partition coefficient (Wildman–Crippen LogP) is 2.93. The molecular weight excluding hydrogens is 388 g/mol. The minimum atomic E-state index is -1.28. The average Bonchev–Trinajstić information content (AvgIpc) is 3.07. The van der Waals surface area contributed by atoms with Crippen molar-refractivity contribution in [3.8, 4) is 0 Å². The Labute approximate surface area is 163 Å². The maximum atomic E-state index is 14.5. The van der Waals surface area contributed by atoms with Crippen LogP contribution in [0.5, 0.6) is 0 Å². The normalized spacial score (nSPS) is 19.4. The Morgan fingerprint density at radius 1 is 1.24 bits per heavy atom. The van der Waals surface area contributed by atoms with Crippen LogP contribution in [0.3, 0.4) is 0 Å². The van der Waals surface area contributed by atoms with Gasteiger partial charge in [0.15, 0.2) is 0 Å². The second-order valence-corrected chi connectivity index (χ2v) is 7.00. The number of hydrogen-bond acceptors (Lipinski definition) is 3. The van der Waals surface area contributed by atoms with E-state index in [4.69, 9.17) is 0 Å². The van der Waals surface area contributed by atoms with Gasteiger partial charge in [-0.1, -0.05) is 0 Å². The zero-order valence-electron chi connectivity index (χ0n) is 15.3. The Morgan fingerprint density at radius 2 is 2.03 bits per heavy atom. The Balaban J connectivity index is 1.74. The number of aromatic nitrogens is 2. The number of benzene rings is 1. The third-order valence-electron chi connectivity index (χ3n) is 5.03. The van der Waals surface area contributed by atoms with Crippen LogP contribution in [0.1, 0.15) is 22.3 Å². The minimum Gasteiger partial charge on any atom is -0.346 e. The highest BCUT2D eigenvalue weighted by Crippen LogP contribution is 2.28. The Hall–Kier alpha value is -2.94. The summed E-state index contributed by atoms with van der Waals surface area (Å²) in [4.78, 5) is 16.3. The fourth-order valence-electron chi connectivity index (χ4n) is 3.63. The van der Waals surface area contributed by atoms with Crippen molar-refractivity contribution in [2.75, 3.05) is 13.1 Å². The van der Waals surface area contributed by atoms with E-state index < -0.39 is 35.7 Å². The van der Waals surface area contributed by atoms with E-state index in [0.29, 0.717) is 18.5 Å². The van der Waals surface area contributed by atoms with Crippen molar-refractivity contribution in [3.05, 3.63) is 65.4 Å². The molecule has 0 spiro atoms. The molecule has 1 aromatic carbocycles. The number of hydrogen-bond donors (Lipinski definition) is 2. The molecule has 9 heteroatoms. The van der Waals surface area contributed by atoms with E-state index in [-0.39, 0.29) is 29.6 Å². The second kappa shape index (κ2) is 7.82. The number of halogens is 4. The zero-order chi connectivity index (χ0) is 20.5. The first kappa shape index (κ1) is 19.4. The molecule has 2 aromatic heterocycles. The SMILES string of the molecule is O=C(N[C@H]1CCNC[C@H]1F)c1cn(Cc2ccnc(F)c2)c2c(F)ccc(F)c12. The van der Waals surface area contributed by atoms with Gasteiger partial charge in [0, 0.05) is 25.5 Å². The van der Waals surface area contributed by atoms with Crippen LogP contribution in [0.25, 0.3) is 10.9 Å². The Bertz CT molecular complexity index is 1070. The second-order valence-electron chi connectivity index (χ2n) is 7.00. The third kappa shape index (κ3) is 3.82. The van der Waals surface area contributed by atoms with Gasteiger partial charge >= 0.3 is 0 Å². The van der Waals surface area contributed by atoms with Crippen LogP contribution in [-0.4, -0.2) is 40.8 Å². The average molecular weight is 406 g/mol. The molecule has 1 amide bonds. The molecule has 0 aliphatic carbocycles. The molecule has 2 N–H and O–H groups in total. The number of alkyl halides is 1. The molecular formula is C20H18F4N4O. The van der Waals surface area contributed by atoms with Crippen molar-refractivity contribution >= 4 is 16.8 Å². The van der Waals surface area contributed by atoms with Gasteiger partial charge in [-0.3, -0.25) is 4.79 Å². The molecule has 1 aliphatic rings.